The molecule has 4 atom stereocenters. The van der Waals surface area contributed by atoms with Crippen molar-refractivity contribution in [3.8, 4) is 11.5 Å². The highest BCUT2D eigenvalue weighted by Gasteiger charge is 2.47. The molecule has 0 saturated heterocycles. The molecule has 5 aromatic carbocycles. The minimum Gasteiger partial charge on any atom is -0.493 e. The van der Waals surface area contributed by atoms with Crippen LogP contribution in [0.3, 0.4) is 0 Å². The Labute approximate surface area is 297 Å². The molecule has 0 fully saturated rings. The highest BCUT2D eigenvalue weighted by molar-refractivity contribution is 7.94. The lowest BCUT2D eigenvalue weighted by Gasteiger charge is -2.40. The Hall–Kier alpha value is -4.94. The molecular formula is C44H45NO4S. The van der Waals surface area contributed by atoms with Gasteiger partial charge in [-0.1, -0.05) is 128 Å². The molecule has 0 aromatic heterocycles. The Kier molecular flexibility index (Phi) is 10.1. The highest BCUT2D eigenvalue weighted by Crippen LogP contribution is 2.52. The number of hydrogen-bond donors (Lipinski definition) is 0. The van der Waals surface area contributed by atoms with E-state index in [-0.39, 0.29) is 24.0 Å². The summed E-state index contributed by atoms with van der Waals surface area (Å²) in [6.07, 6.45) is 2.35. The van der Waals surface area contributed by atoms with Crippen molar-refractivity contribution in [2.75, 3.05) is 14.2 Å². The largest absolute Gasteiger partial charge is 0.493 e. The number of benzene rings is 5. The van der Waals surface area contributed by atoms with Crippen LogP contribution >= 0.6 is 0 Å². The lowest BCUT2D eigenvalue weighted by atomic mass is 9.65. The fraction of sp³-hybridized carbons (Fsp3) is 0.250. The first-order valence-electron chi connectivity index (χ1n) is 17.1. The fourth-order valence-corrected chi connectivity index (χ4v) is 10.7. The summed E-state index contributed by atoms with van der Waals surface area (Å²) >= 11 is 0. The Morgan fingerprint density at radius 1 is 0.800 bits per heavy atom. The van der Waals surface area contributed by atoms with Gasteiger partial charge in [0.15, 0.2) is 17.3 Å². The fourth-order valence-electron chi connectivity index (χ4n) is 7.78. The van der Waals surface area contributed by atoms with Crippen molar-refractivity contribution in [2.45, 2.75) is 55.6 Å². The van der Waals surface area contributed by atoms with Crippen LogP contribution < -0.4 is 9.47 Å². The van der Waals surface area contributed by atoms with E-state index in [9.17, 15) is 0 Å². The Morgan fingerprint density at radius 3 is 1.72 bits per heavy atom. The molecule has 0 radical (unpaired) electrons. The van der Waals surface area contributed by atoms with Crippen molar-refractivity contribution >= 4 is 21.2 Å². The molecule has 1 heterocycles. The van der Waals surface area contributed by atoms with Crippen molar-refractivity contribution in [2.24, 2.45) is 10.3 Å². The molecule has 6 rings (SSSR count). The summed E-state index contributed by atoms with van der Waals surface area (Å²) in [6, 6.07) is 41.6. The molecule has 5 nitrogen and oxygen atoms in total. The van der Waals surface area contributed by atoms with Crippen LogP contribution in [0.1, 0.15) is 60.9 Å². The zero-order chi connectivity index (χ0) is 35.5. The average molecular weight is 684 g/mol. The Morgan fingerprint density at radius 2 is 1.28 bits per heavy atom. The molecule has 256 valence electrons. The Bertz CT molecular complexity index is 2020. The van der Waals surface area contributed by atoms with Gasteiger partial charge in [0.05, 0.1) is 34.9 Å². The SMILES string of the molecule is COc1cc2c(c(C)c1OC)N=S(=O)(c1ccccc1)[C@H]([C@@H](C)CC(=O)C(c1ccccc1)(c1ccccc1)c1ccccc1)[C@H]2C=C(C)C. The molecule has 1 aliphatic rings. The van der Waals surface area contributed by atoms with E-state index in [0.29, 0.717) is 22.1 Å². The van der Waals surface area contributed by atoms with Gasteiger partial charge in [-0.3, -0.25) is 4.79 Å². The van der Waals surface area contributed by atoms with Crippen molar-refractivity contribution in [3.05, 3.63) is 167 Å². The number of fused-ring (bicyclic) bond motifs is 1. The third-order valence-corrected chi connectivity index (χ3v) is 12.8. The summed E-state index contributed by atoms with van der Waals surface area (Å²) in [7, 11) is 0.0976. The second-order valence-corrected chi connectivity index (χ2v) is 15.7. The average Bonchev–Trinajstić information content (AvgIpc) is 3.13. The summed E-state index contributed by atoms with van der Waals surface area (Å²) < 4.78 is 32.7. The molecule has 50 heavy (non-hydrogen) atoms. The molecule has 5 aromatic rings. The normalized spacial score (nSPS) is 19.0. The lowest BCUT2D eigenvalue weighted by molar-refractivity contribution is -0.122. The topological polar surface area (TPSA) is 65.0 Å². The standard InChI is InChI=1S/C44H45NO4S/c1-30(2)27-38-37-29-39(48-5)42(49-6)32(4)41(37)45-50(47,36-25-17-10-18-26-36)43(38)31(3)28-40(46)44(33-19-11-7-12-20-33,34-21-13-8-14-22-34)35-23-15-9-16-24-35/h7-27,29,31,38,43H,28H2,1-6H3/t31-,38-,43+,50?/m0/s1. The molecular weight excluding hydrogens is 639 g/mol. The molecule has 0 spiro atoms. The first-order chi connectivity index (χ1) is 24.2. The van der Waals surface area contributed by atoms with Gasteiger partial charge in [0.1, 0.15) is 5.41 Å². The molecule has 1 unspecified atom stereocenters. The van der Waals surface area contributed by atoms with Crippen LogP contribution in [0.25, 0.3) is 0 Å². The second-order valence-electron chi connectivity index (χ2n) is 13.3. The summed E-state index contributed by atoms with van der Waals surface area (Å²) in [5.74, 6) is 0.533. The van der Waals surface area contributed by atoms with E-state index in [1.807, 2.05) is 134 Å². The van der Waals surface area contributed by atoms with Gasteiger partial charge in [0.25, 0.3) is 0 Å². The third-order valence-electron chi connectivity index (χ3n) is 9.91. The summed E-state index contributed by atoms with van der Waals surface area (Å²) in [6.45, 7) is 8.12. The maximum atomic E-state index is 15.9. The van der Waals surface area contributed by atoms with Crippen LogP contribution in [0.15, 0.2) is 148 Å². The number of allylic oxidation sites excluding steroid dienone is 2. The van der Waals surface area contributed by atoms with Gasteiger partial charge in [0.2, 0.25) is 0 Å². The van der Waals surface area contributed by atoms with Crippen LogP contribution in [0, 0.1) is 12.8 Å². The third kappa shape index (κ3) is 6.07. The van der Waals surface area contributed by atoms with E-state index < -0.39 is 20.4 Å². The number of carbonyl (C=O) groups is 1. The number of ketones is 1. The maximum absolute atomic E-state index is 15.9. The van der Waals surface area contributed by atoms with Gasteiger partial charge in [-0.25, -0.2) is 4.21 Å². The minimum absolute atomic E-state index is 0.0358. The van der Waals surface area contributed by atoms with Gasteiger partial charge in [0, 0.05) is 22.8 Å². The van der Waals surface area contributed by atoms with E-state index in [1.165, 1.54) is 0 Å². The van der Waals surface area contributed by atoms with Gasteiger partial charge >= 0.3 is 0 Å². The van der Waals surface area contributed by atoms with Crippen LogP contribution in [0.2, 0.25) is 0 Å². The summed E-state index contributed by atoms with van der Waals surface area (Å²) in [4.78, 5) is 16.2. The molecule has 0 amide bonds. The molecule has 0 aliphatic carbocycles. The number of hydrogen-bond acceptors (Lipinski definition) is 5. The number of ether oxygens (including phenoxy) is 2. The van der Waals surface area contributed by atoms with E-state index in [4.69, 9.17) is 13.8 Å². The van der Waals surface area contributed by atoms with Crippen LogP contribution in [-0.2, 0) is 19.9 Å². The predicted octanol–water partition coefficient (Wildman–Crippen LogP) is 10.2. The first-order valence-corrected chi connectivity index (χ1v) is 18.7. The first kappa shape index (κ1) is 34.9. The molecule has 1 aliphatic heterocycles. The molecule has 6 heteroatoms. The van der Waals surface area contributed by atoms with Crippen LogP contribution in [0.4, 0.5) is 5.69 Å². The van der Waals surface area contributed by atoms with Gasteiger partial charge in [-0.2, -0.15) is 4.36 Å². The number of methoxy groups -OCH3 is 2. The minimum atomic E-state index is -3.14. The van der Waals surface area contributed by atoms with Crippen LogP contribution in [-0.4, -0.2) is 29.5 Å². The van der Waals surface area contributed by atoms with Crippen LogP contribution in [0.5, 0.6) is 11.5 Å². The Balaban J connectivity index is 1.59. The zero-order valence-corrected chi connectivity index (χ0v) is 30.4. The monoisotopic (exact) mass is 683 g/mol. The van der Waals surface area contributed by atoms with Crippen molar-refractivity contribution in [3.63, 3.8) is 0 Å². The van der Waals surface area contributed by atoms with Crippen molar-refractivity contribution in [1.29, 1.82) is 0 Å². The highest BCUT2D eigenvalue weighted by atomic mass is 32.2. The van der Waals surface area contributed by atoms with Crippen molar-refractivity contribution in [1.82, 2.24) is 0 Å². The van der Waals surface area contributed by atoms with E-state index in [1.54, 1.807) is 14.2 Å². The number of rotatable bonds is 11. The smallest absolute Gasteiger partial charge is 0.165 e. The summed E-state index contributed by atoms with van der Waals surface area (Å²) in [5, 5.41) is -0.534. The molecule has 0 saturated carbocycles. The van der Waals surface area contributed by atoms with Gasteiger partial charge < -0.3 is 9.47 Å². The van der Waals surface area contributed by atoms with E-state index >= 15 is 9.00 Å². The molecule has 0 bridgehead atoms. The number of nitrogens with zero attached hydrogens (tertiary/aromatic N) is 1. The van der Waals surface area contributed by atoms with Gasteiger partial charge in [-0.05, 0) is 67.1 Å². The number of Topliss-reactive ketones (excluding diaryl/α,β-unsaturated/α-hetero) is 1. The summed E-state index contributed by atoms with van der Waals surface area (Å²) in [5.41, 5.74) is 5.02. The zero-order valence-electron chi connectivity index (χ0n) is 29.6. The van der Waals surface area contributed by atoms with Gasteiger partial charge in [-0.15, -0.1) is 0 Å². The predicted molar refractivity (Wildman–Crippen MR) is 203 cm³/mol. The lowest BCUT2D eigenvalue weighted by Crippen LogP contribution is -2.43. The second kappa shape index (κ2) is 14.5. The van der Waals surface area contributed by atoms with E-state index in [0.717, 1.165) is 33.4 Å². The number of carbonyl (C=O) groups excluding carboxylic acids is 1. The molecule has 0 N–H and O–H groups in total. The van der Waals surface area contributed by atoms with E-state index in [2.05, 4.69) is 26.8 Å². The quantitative estimate of drug-likeness (QED) is 0.103. The van der Waals surface area contributed by atoms with Crippen molar-refractivity contribution < 1.29 is 18.5 Å². The maximum Gasteiger partial charge on any atom is 0.165 e.